The Bertz CT molecular complexity index is 649. The number of amides is 1. The molecule has 0 aliphatic carbocycles. The van der Waals surface area contributed by atoms with E-state index in [1.54, 1.807) is 30.3 Å². The maximum atomic E-state index is 12.2. The third kappa shape index (κ3) is 3.75. The molecule has 1 aromatic carbocycles. The minimum atomic E-state index is -0.883. The predicted molar refractivity (Wildman–Crippen MR) is 83.2 cm³/mol. The van der Waals surface area contributed by atoms with E-state index < -0.39 is 5.97 Å². The SMILES string of the molecule is CCc1cc(C(=O)Nc2ccc(CC(=O)O)cc2)oc1CC. The van der Waals surface area contributed by atoms with Crippen LogP contribution in [-0.2, 0) is 24.1 Å². The number of hydrogen-bond donors (Lipinski definition) is 2. The molecule has 1 aromatic heterocycles. The topological polar surface area (TPSA) is 79.5 Å². The van der Waals surface area contributed by atoms with Crippen molar-refractivity contribution in [3.63, 3.8) is 0 Å². The Kier molecular flexibility index (Phi) is 4.99. The molecular weight excluding hydrogens is 282 g/mol. The molecule has 0 atom stereocenters. The molecule has 0 saturated heterocycles. The summed E-state index contributed by atoms with van der Waals surface area (Å²) < 4.78 is 5.58. The number of benzene rings is 1. The highest BCUT2D eigenvalue weighted by atomic mass is 16.4. The van der Waals surface area contributed by atoms with Crippen molar-refractivity contribution < 1.29 is 19.1 Å². The molecule has 0 saturated carbocycles. The fourth-order valence-corrected chi connectivity index (χ4v) is 2.25. The zero-order valence-corrected chi connectivity index (χ0v) is 12.7. The molecule has 5 nitrogen and oxygen atoms in total. The van der Waals surface area contributed by atoms with Gasteiger partial charge in [0.2, 0.25) is 0 Å². The number of aliphatic carboxylic acids is 1. The lowest BCUT2D eigenvalue weighted by atomic mass is 10.1. The second-order valence-corrected chi connectivity index (χ2v) is 4.99. The highest BCUT2D eigenvalue weighted by Crippen LogP contribution is 2.19. The summed E-state index contributed by atoms with van der Waals surface area (Å²) in [6.07, 6.45) is 1.54. The van der Waals surface area contributed by atoms with Gasteiger partial charge in [0, 0.05) is 12.1 Å². The van der Waals surface area contributed by atoms with Crippen LogP contribution < -0.4 is 5.32 Å². The molecule has 116 valence electrons. The summed E-state index contributed by atoms with van der Waals surface area (Å²) in [5.74, 6) is -0.0558. The molecular formula is C17H19NO4. The molecule has 0 radical (unpaired) electrons. The predicted octanol–water partition coefficient (Wildman–Crippen LogP) is 3.28. The minimum Gasteiger partial charge on any atom is -0.481 e. The average Bonchev–Trinajstić information content (AvgIpc) is 2.92. The fraction of sp³-hybridized carbons (Fsp3) is 0.294. The van der Waals surface area contributed by atoms with E-state index in [-0.39, 0.29) is 12.3 Å². The first kappa shape index (κ1) is 15.8. The molecule has 22 heavy (non-hydrogen) atoms. The van der Waals surface area contributed by atoms with Crippen LogP contribution >= 0.6 is 0 Å². The number of carbonyl (C=O) groups excluding carboxylic acids is 1. The molecule has 0 unspecified atom stereocenters. The van der Waals surface area contributed by atoms with Gasteiger partial charge >= 0.3 is 5.97 Å². The lowest BCUT2D eigenvalue weighted by Gasteiger charge is -2.04. The van der Waals surface area contributed by atoms with Crippen LogP contribution in [0.25, 0.3) is 0 Å². The number of anilines is 1. The smallest absolute Gasteiger partial charge is 0.307 e. The van der Waals surface area contributed by atoms with E-state index in [1.165, 1.54) is 0 Å². The number of rotatable bonds is 6. The first-order chi connectivity index (χ1) is 10.5. The monoisotopic (exact) mass is 301 g/mol. The molecule has 0 aliphatic rings. The molecule has 2 rings (SSSR count). The molecule has 1 amide bonds. The van der Waals surface area contributed by atoms with Gasteiger partial charge in [-0.15, -0.1) is 0 Å². The van der Waals surface area contributed by atoms with Gasteiger partial charge in [-0.25, -0.2) is 0 Å². The summed E-state index contributed by atoms with van der Waals surface area (Å²) in [5, 5.41) is 11.5. The molecule has 0 fully saturated rings. The molecule has 0 spiro atoms. The summed E-state index contributed by atoms with van der Waals surface area (Å²) in [6.45, 7) is 4.01. The molecule has 2 aromatic rings. The van der Waals surface area contributed by atoms with Crippen LogP contribution in [0.2, 0.25) is 0 Å². The van der Waals surface area contributed by atoms with Gasteiger partial charge in [-0.2, -0.15) is 0 Å². The number of carbonyl (C=O) groups is 2. The van der Waals surface area contributed by atoms with Crippen molar-refractivity contribution in [2.24, 2.45) is 0 Å². The van der Waals surface area contributed by atoms with E-state index in [1.807, 2.05) is 13.8 Å². The number of furan rings is 1. The number of nitrogens with one attached hydrogen (secondary N) is 1. The summed E-state index contributed by atoms with van der Waals surface area (Å²) in [5.41, 5.74) is 2.33. The van der Waals surface area contributed by atoms with Crippen molar-refractivity contribution in [2.45, 2.75) is 33.1 Å². The van der Waals surface area contributed by atoms with Crippen LogP contribution in [0, 0.1) is 0 Å². The van der Waals surface area contributed by atoms with Gasteiger partial charge < -0.3 is 14.8 Å². The number of hydrogen-bond acceptors (Lipinski definition) is 3. The molecule has 2 N–H and O–H groups in total. The van der Waals surface area contributed by atoms with Crippen LogP contribution in [0.15, 0.2) is 34.7 Å². The summed E-state index contributed by atoms with van der Waals surface area (Å²) in [7, 11) is 0. The van der Waals surface area contributed by atoms with Crippen LogP contribution in [0.5, 0.6) is 0 Å². The maximum Gasteiger partial charge on any atom is 0.307 e. The maximum absolute atomic E-state index is 12.2. The van der Waals surface area contributed by atoms with E-state index >= 15 is 0 Å². The Morgan fingerprint density at radius 3 is 2.32 bits per heavy atom. The largest absolute Gasteiger partial charge is 0.481 e. The van der Waals surface area contributed by atoms with Crippen molar-refractivity contribution in [2.75, 3.05) is 5.32 Å². The highest BCUT2D eigenvalue weighted by Gasteiger charge is 2.15. The van der Waals surface area contributed by atoms with E-state index in [2.05, 4.69) is 5.32 Å². The van der Waals surface area contributed by atoms with E-state index in [0.717, 1.165) is 24.2 Å². The third-order valence-electron chi connectivity index (χ3n) is 3.39. The van der Waals surface area contributed by atoms with Gasteiger partial charge in [-0.3, -0.25) is 9.59 Å². The lowest BCUT2D eigenvalue weighted by Crippen LogP contribution is -2.11. The van der Waals surface area contributed by atoms with Gasteiger partial charge in [0.1, 0.15) is 5.76 Å². The molecule has 5 heteroatoms. The Labute approximate surface area is 129 Å². The first-order valence-corrected chi connectivity index (χ1v) is 7.27. The van der Waals surface area contributed by atoms with E-state index in [9.17, 15) is 9.59 Å². The van der Waals surface area contributed by atoms with Crippen LogP contribution in [-0.4, -0.2) is 17.0 Å². The van der Waals surface area contributed by atoms with Crippen molar-refractivity contribution in [3.8, 4) is 0 Å². The number of aryl methyl sites for hydroxylation is 2. The van der Waals surface area contributed by atoms with Crippen LogP contribution in [0.3, 0.4) is 0 Å². The third-order valence-corrected chi connectivity index (χ3v) is 3.39. The Morgan fingerprint density at radius 1 is 1.14 bits per heavy atom. The second kappa shape index (κ2) is 6.93. The number of carboxylic acid groups (broad SMARTS) is 1. The molecule has 0 bridgehead atoms. The van der Waals surface area contributed by atoms with E-state index in [0.29, 0.717) is 17.0 Å². The quantitative estimate of drug-likeness (QED) is 0.858. The average molecular weight is 301 g/mol. The highest BCUT2D eigenvalue weighted by molar-refractivity contribution is 6.02. The van der Waals surface area contributed by atoms with Crippen molar-refractivity contribution in [1.29, 1.82) is 0 Å². The van der Waals surface area contributed by atoms with Crippen LogP contribution in [0.4, 0.5) is 5.69 Å². The van der Waals surface area contributed by atoms with Crippen LogP contribution in [0.1, 0.15) is 41.3 Å². The lowest BCUT2D eigenvalue weighted by molar-refractivity contribution is -0.136. The van der Waals surface area contributed by atoms with Gasteiger partial charge in [0.15, 0.2) is 5.76 Å². The fourth-order valence-electron chi connectivity index (χ4n) is 2.25. The molecule has 1 heterocycles. The van der Waals surface area contributed by atoms with Gasteiger partial charge in [-0.1, -0.05) is 26.0 Å². The van der Waals surface area contributed by atoms with Crippen molar-refractivity contribution >= 4 is 17.6 Å². The van der Waals surface area contributed by atoms with Crippen molar-refractivity contribution in [1.82, 2.24) is 0 Å². The Morgan fingerprint density at radius 2 is 1.82 bits per heavy atom. The Hall–Kier alpha value is -2.56. The molecule has 0 aliphatic heterocycles. The summed E-state index contributed by atoms with van der Waals surface area (Å²) in [6, 6.07) is 8.50. The second-order valence-electron chi connectivity index (χ2n) is 4.99. The first-order valence-electron chi connectivity index (χ1n) is 7.27. The Balaban J connectivity index is 2.08. The van der Waals surface area contributed by atoms with Gasteiger partial charge in [-0.05, 0) is 35.7 Å². The minimum absolute atomic E-state index is 0.0356. The normalized spacial score (nSPS) is 10.5. The summed E-state index contributed by atoms with van der Waals surface area (Å²) in [4.78, 5) is 22.8. The zero-order valence-electron chi connectivity index (χ0n) is 12.7. The number of carboxylic acids is 1. The van der Waals surface area contributed by atoms with Gasteiger partial charge in [0.25, 0.3) is 5.91 Å². The van der Waals surface area contributed by atoms with Crippen molar-refractivity contribution in [3.05, 3.63) is 53.0 Å². The van der Waals surface area contributed by atoms with Gasteiger partial charge in [0.05, 0.1) is 6.42 Å². The summed E-state index contributed by atoms with van der Waals surface area (Å²) >= 11 is 0. The van der Waals surface area contributed by atoms with E-state index in [4.69, 9.17) is 9.52 Å². The standard InChI is InChI=1S/C17H19NO4/c1-3-12-10-15(22-14(12)4-2)17(21)18-13-7-5-11(6-8-13)9-16(19)20/h5-8,10H,3-4,9H2,1-2H3,(H,18,21)(H,19,20). The zero-order chi connectivity index (χ0) is 16.1.